The van der Waals surface area contributed by atoms with Gasteiger partial charge in [-0.3, -0.25) is 14.4 Å². The highest BCUT2D eigenvalue weighted by Crippen LogP contribution is 2.17. The summed E-state index contributed by atoms with van der Waals surface area (Å²) in [7, 11) is 0. The van der Waals surface area contributed by atoms with Gasteiger partial charge in [-0.25, -0.2) is 4.79 Å². The van der Waals surface area contributed by atoms with E-state index in [4.69, 9.17) is 9.47 Å². The number of aliphatic hydroxyl groups excluding tert-OH is 1. The molecule has 148 valence electrons. The van der Waals surface area contributed by atoms with E-state index in [2.05, 4.69) is 5.32 Å². The predicted molar refractivity (Wildman–Crippen MR) is 92.3 cm³/mol. The maximum absolute atomic E-state index is 12.3. The largest absolute Gasteiger partial charge is 0.480 e. The average Bonchev–Trinajstić information content (AvgIpc) is 2.64. The number of ether oxygens (including phenoxy) is 2. The van der Waals surface area contributed by atoms with Crippen LogP contribution in [-0.2, 0) is 28.7 Å². The highest BCUT2D eigenvalue weighted by molar-refractivity contribution is 5.92. The minimum absolute atomic E-state index is 0.0366. The van der Waals surface area contributed by atoms with Crippen molar-refractivity contribution in [2.45, 2.75) is 32.4 Å². The normalized spacial score (nSPS) is 13.7. The number of carboxylic acids is 1. The number of hydrogen-bond donors (Lipinski definition) is 3. The Morgan fingerprint density at radius 2 is 1.63 bits per heavy atom. The van der Waals surface area contributed by atoms with Crippen LogP contribution in [0.25, 0.3) is 0 Å². The monoisotopic (exact) mass is 381 g/mol. The number of aliphatic hydroxyl groups is 1. The Bertz CT molecular complexity index is 661. The van der Waals surface area contributed by atoms with Crippen molar-refractivity contribution < 1.29 is 38.9 Å². The molecule has 1 aromatic rings. The number of carbonyl (C=O) groups excluding carboxylic acids is 3. The lowest BCUT2D eigenvalue weighted by molar-refractivity contribution is -0.160. The van der Waals surface area contributed by atoms with Gasteiger partial charge in [-0.05, 0) is 19.4 Å². The smallest absolute Gasteiger partial charge is 0.327 e. The molecule has 0 aromatic heterocycles. The van der Waals surface area contributed by atoms with Gasteiger partial charge >= 0.3 is 17.9 Å². The van der Waals surface area contributed by atoms with Crippen molar-refractivity contribution in [2.24, 2.45) is 5.92 Å². The summed E-state index contributed by atoms with van der Waals surface area (Å²) in [6.07, 6.45) is -2.23. The van der Waals surface area contributed by atoms with Crippen LogP contribution in [0.4, 0.5) is 0 Å². The zero-order chi connectivity index (χ0) is 20.4. The highest BCUT2D eigenvalue weighted by atomic mass is 16.5. The molecular weight excluding hydrogens is 358 g/mol. The van der Waals surface area contributed by atoms with Gasteiger partial charge in [0.1, 0.15) is 6.04 Å². The van der Waals surface area contributed by atoms with Crippen molar-refractivity contribution in [1.29, 1.82) is 0 Å². The number of carbonyl (C=O) groups is 4. The van der Waals surface area contributed by atoms with E-state index in [0.717, 1.165) is 0 Å². The van der Waals surface area contributed by atoms with Crippen LogP contribution in [0, 0.1) is 5.92 Å². The number of hydrogen-bond acceptors (Lipinski definition) is 7. The first kappa shape index (κ1) is 22.1. The van der Waals surface area contributed by atoms with Gasteiger partial charge in [0.2, 0.25) is 0 Å². The molecule has 9 heteroatoms. The Balaban J connectivity index is 3.01. The first-order valence-corrected chi connectivity index (χ1v) is 8.40. The fourth-order valence-corrected chi connectivity index (χ4v) is 2.34. The standard InChI is InChI=1S/C18H23NO8/c1-3-26-13(20)10-12(18(25)27-4-2)14(17(23)24)19-16(22)15(21)11-8-6-5-7-9-11/h5-9,12,14-15,21H,3-4,10H2,1-2H3,(H,19,22)(H,23,24)/t12-,14+,15-/m0/s1. The van der Waals surface area contributed by atoms with E-state index in [9.17, 15) is 29.4 Å². The van der Waals surface area contributed by atoms with Crippen LogP contribution in [0.5, 0.6) is 0 Å². The van der Waals surface area contributed by atoms with Crippen LogP contribution in [0.1, 0.15) is 31.9 Å². The summed E-state index contributed by atoms with van der Waals surface area (Å²) in [5.74, 6) is -5.85. The maximum atomic E-state index is 12.3. The molecule has 1 rings (SSSR count). The van der Waals surface area contributed by atoms with E-state index in [-0.39, 0.29) is 18.8 Å². The van der Waals surface area contributed by atoms with Crippen molar-refractivity contribution in [1.82, 2.24) is 5.32 Å². The van der Waals surface area contributed by atoms with E-state index in [1.807, 2.05) is 0 Å². The topological polar surface area (TPSA) is 139 Å². The van der Waals surface area contributed by atoms with Crippen molar-refractivity contribution in [2.75, 3.05) is 13.2 Å². The number of amides is 1. The van der Waals surface area contributed by atoms with Gasteiger partial charge in [-0.1, -0.05) is 30.3 Å². The average molecular weight is 381 g/mol. The lowest BCUT2D eigenvalue weighted by Crippen LogP contribution is -2.51. The summed E-state index contributed by atoms with van der Waals surface area (Å²) in [6, 6.07) is 6.08. The van der Waals surface area contributed by atoms with E-state index in [0.29, 0.717) is 0 Å². The molecule has 3 atom stereocenters. The summed E-state index contributed by atoms with van der Waals surface area (Å²) in [5.41, 5.74) is 0.247. The second kappa shape index (κ2) is 10.9. The molecule has 0 fully saturated rings. The van der Waals surface area contributed by atoms with Gasteiger partial charge in [-0.2, -0.15) is 0 Å². The number of benzene rings is 1. The Hall–Kier alpha value is -2.94. The molecule has 0 aliphatic heterocycles. The molecule has 0 radical (unpaired) electrons. The Labute approximate surface area is 156 Å². The van der Waals surface area contributed by atoms with Crippen LogP contribution in [0.3, 0.4) is 0 Å². The minimum Gasteiger partial charge on any atom is -0.480 e. The molecule has 0 unspecified atom stereocenters. The summed E-state index contributed by atoms with van der Waals surface area (Å²) in [4.78, 5) is 47.8. The van der Waals surface area contributed by atoms with Crippen LogP contribution in [-0.4, -0.2) is 53.3 Å². The predicted octanol–water partition coefficient (Wildman–Crippen LogP) is 0.422. The van der Waals surface area contributed by atoms with Gasteiger partial charge < -0.3 is 25.0 Å². The van der Waals surface area contributed by atoms with Crippen LogP contribution >= 0.6 is 0 Å². The lowest BCUT2D eigenvalue weighted by Gasteiger charge is -2.24. The SMILES string of the molecule is CCOC(=O)C[C@H](C(=O)OCC)[C@@H](NC(=O)[C@@H](O)c1ccccc1)C(=O)O. The third-order valence-corrected chi connectivity index (χ3v) is 3.61. The molecule has 0 bridgehead atoms. The minimum atomic E-state index is -1.78. The molecular formula is C18H23NO8. The van der Waals surface area contributed by atoms with Gasteiger partial charge in [0.25, 0.3) is 5.91 Å². The molecule has 3 N–H and O–H groups in total. The molecule has 0 spiro atoms. The maximum Gasteiger partial charge on any atom is 0.327 e. The molecule has 1 amide bonds. The molecule has 1 aromatic carbocycles. The quantitative estimate of drug-likeness (QED) is 0.496. The fraction of sp³-hybridized carbons (Fsp3) is 0.444. The van der Waals surface area contributed by atoms with Crippen molar-refractivity contribution >= 4 is 23.8 Å². The first-order chi connectivity index (χ1) is 12.8. The lowest BCUT2D eigenvalue weighted by atomic mass is 9.95. The summed E-state index contributed by atoms with van der Waals surface area (Å²) in [5, 5.41) is 21.6. The van der Waals surface area contributed by atoms with Crippen molar-refractivity contribution in [3.05, 3.63) is 35.9 Å². The van der Waals surface area contributed by atoms with Gasteiger partial charge in [0.05, 0.1) is 25.6 Å². The van der Waals surface area contributed by atoms with Gasteiger partial charge in [0, 0.05) is 0 Å². The van der Waals surface area contributed by atoms with Gasteiger partial charge in [0.15, 0.2) is 6.10 Å². The molecule has 0 heterocycles. The van der Waals surface area contributed by atoms with Crippen molar-refractivity contribution in [3.63, 3.8) is 0 Å². The second-order valence-corrected chi connectivity index (χ2v) is 5.51. The Morgan fingerprint density at radius 3 is 2.15 bits per heavy atom. The number of esters is 2. The third kappa shape index (κ3) is 6.70. The van der Waals surface area contributed by atoms with E-state index in [1.54, 1.807) is 25.1 Å². The summed E-state index contributed by atoms with van der Waals surface area (Å²) >= 11 is 0. The fourth-order valence-electron chi connectivity index (χ4n) is 2.34. The molecule has 0 saturated heterocycles. The molecule has 0 saturated carbocycles. The Morgan fingerprint density at radius 1 is 1.04 bits per heavy atom. The van der Waals surface area contributed by atoms with Gasteiger partial charge in [-0.15, -0.1) is 0 Å². The zero-order valence-electron chi connectivity index (χ0n) is 15.1. The summed E-state index contributed by atoms with van der Waals surface area (Å²) < 4.78 is 9.57. The van der Waals surface area contributed by atoms with Crippen molar-refractivity contribution in [3.8, 4) is 0 Å². The first-order valence-electron chi connectivity index (χ1n) is 8.40. The zero-order valence-corrected chi connectivity index (χ0v) is 15.1. The number of aliphatic carboxylic acids is 1. The molecule has 0 aliphatic rings. The Kier molecular flexibility index (Phi) is 8.94. The highest BCUT2D eigenvalue weighted by Gasteiger charge is 2.39. The van der Waals surface area contributed by atoms with Crippen LogP contribution < -0.4 is 5.32 Å². The third-order valence-electron chi connectivity index (χ3n) is 3.61. The number of rotatable bonds is 10. The number of carboxylic acid groups (broad SMARTS) is 1. The second-order valence-electron chi connectivity index (χ2n) is 5.51. The van der Waals surface area contributed by atoms with Crippen LogP contribution in [0.2, 0.25) is 0 Å². The van der Waals surface area contributed by atoms with E-state index < -0.39 is 48.3 Å². The van der Waals surface area contributed by atoms with E-state index in [1.165, 1.54) is 19.1 Å². The molecule has 9 nitrogen and oxygen atoms in total. The molecule has 0 aliphatic carbocycles. The molecule has 27 heavy (non-hydrogen) atoms. The van der Waals surface area contributed by atoms with Crippen LogP contribution in [0.15, 0.2) is 30.3 Å². The van der Waals surface area contributed by atoms with E-state index >= 15 is 0 Å². The number of nitrogens with one attached hydrogen (secondary N) is 1. The summed E-state index contributed by atoms with van der Waals surface area (Å²) in [6.45, 7) is 3.09.